The molecule has 2 aromatic carbocycles. The van der Waals surface area contributed by atoms with E-state index in [0.717, 1.165) is 22.9 Å². The van der Waals surface area contributed by atoms with Crippen LogP contribution in [0.15, 0.2) is 42.5 Å². The van der Waals surface area contributed by atoms with Crippen LogP contribution >= 0.6 is 0 Å². The summed E-state index contributed by atoms with van der Waals surface area (Å²) in [6.07, 6.45) is 0.837. The summed E-state index contributed by atoms with van der Waals surface area (Å²) in [6, 6.07) is 13.5. The third-order valence-corrected chi connectivity index (χ3v) is 4.15. The van der Waals surface area contributed by atoms with E-state index in [1.807, 2.05) is 42.5 Å². The zero-order chi connectivity index (χ0) is 16.9. The molecular weight excluding hydrogens is 306 g/mol. The number of nitrogens with two attached hydrogens (primary N) is 1. The maximum absolute atomic E-state index is 12.1. The van der Waals surface area contributed by atoms with Crippen LogP contribution in [0.25, 0.3) is 10.8 Å². The number of benzene rings is 2. The monoisotopic (exact) mass is 327 g/mol. The van der Waals surface area contributed by atoms with E-state index in [4.69, 9.17) is 10.5 Å². The molecule has 0 bridgehead atoms. The lowest BCUT2D eigenvalue weighted by atomic mass is 10.1. The van der Waals surface area contributed by atoms with Gasteiger partial charge in [-0.25, -0.2) is 0 Å². The van der Waals surface area contributed by atoms with Crippen LogP contribution in [0.3, 0.4) is 0 Å². The molecule has 0 saturated carbocycles. The molecule has 4 N–H and O–H groups in total. The number of ether oxygens (including phenoxy) is 1. The molecule has 126 valence electrons. The van der Waals surface area contributed by atoms with E-state index in [1.54, 1.807) is 0 Å². The van der Waals surface area contributed by atoms with E-state index in [2.05, 4.69) is 10.6 Å². The van der Waals surface area contributed by atoms with Gasteiger partial charge in [0.05, 0.1) is 12.6 Å². The SMILES string of the molecule is NC[C@H]1CC[C@@H](C(=O)NCC(=O)Nc2cccc3ccccc23)O1. The van der Waals surface area contributed by atoms with Crippen molar-refractivity contribution in [1.82, 2.24) is 5.32 Å². The summed E-state index contributed by atoms with van der Waals surface area (Å²) >= 11 is 0. The van der Waals surface area contributed by atoms with Gasteiger partial charge >= 0.3 is 0 Å². The van der Waals surface area contributed by atoms with Gasteiger partial charge in [0.1, 0.15) is 6.10 Å². The van der Waals surface area contributed by atoms with E-state index in [-0.39, 0.29) is 24.5 Å². The van der Waals surface area contributed by atoms with Crippen LogP contribution in [0, 0.1) is 0 Å². The van der Waals surface area contributed by atoms with Crippen LogP contribution in [-0.4, -0.2) is 37.1 Å². The Morgan fingerprint density at radius 2 is 1.92 bits per heavy atom. The zero-order valence-corrected chi connectivity index (χ0v) is 13.3. The molecule has 2 aromatic rings. The van der Waals surface area contributed by atoms with Gasteiger partial charge in [0.25, 0.3) is 0 Å². The molecule has 1 heterocycles. The Morgan fingerprint density at radius 1 is 1.12 bits per heavy atom. The van der Waals surface area contributed by atoms with Gasteiger partial charge < -0.3 is 21.1 Å². The van der Waals surface area contributed by atoms with Crippen LogP contribution in [0.2, 0.25) is 0 Å². The lowest BCUT2D eigenvalue weighted by molar-refractivity contribution is -0.133. The minimum Gasteiger partial charge on any atom is -0.364 e. The highest BCUT2D eigenvalue weighted by atomic mass is 16.5. The fourth-order valence-corrected chi connectivity index (χ4v) is 2.88. The van der Waals surface area contributed by atoms with Crippen LogP contribution in [0.4, 0.5) is 5.69 Å². The maximum Gasteiger partial charge on any atom is 0.249 e. The molecule has 2 atom stereocenters. The van der Waals surface area contributed by atoms with Crippen LogP contribution < -0.4 is 16.4 Å². The third-order valence-electron chi connectivity index (χ3n) is 4.15. The summed E-state index contributed by atoms with van der Waals surface area (Å²) in [7, 11) is 0. The Morgan fingerprint density at radius 3 is 2.71 bits per heavy atom. The maximum atomic E-state index is 12.1. The van der Waals surface area contributed by atoms with Gasteiger partial charge in [0.2, 0.25) is 11.8 Å². The Bertz CT molecular complexity index is 742. The number of anilines is 1. The Hall–Kier alpha value is -2.44. The lowest BCUT2D eigenvalue weighted by Crippen LogP contribution is -2.39. The van der Waals surface area contributed by atoms with Crippen molar-refractivity contribution in [2.24, 2.45) is 5.73 Å². The molecule has 0 aromatic heterocycles. The predicted octanol–water partition coefficient (Wildman–Crippen LogP) is 1.40. The van der Waals surface area contributed by atoms with Gasteiger partial charge in [-0.2, -0.15) is 0 Å². The topological polar surface area (TPSA) is 93.5 Å². The Labute approximate surface area is 140 Å². The number of fused-ring (bicyclic) bond motifs is 1. The summed E-state index contributed by atoms with van der Waals surface area (Å²) in [5.74, 6) is -0.535. The van der Waals surface area contributed by atoms with E-state index < -0.39 is 6.10 Å². The number of amides is 2. The first-order valence-corrected chi connectivity index (χ1v) is 8.08. The second kappa shape index (κ2) is 7.42. The molecule has 1 aliphatic rings. The molecule has 0 spiro atoms. The summed E-state index contributed by atoms with van der Waals surface area (Å²) in [4.78, 5) is 24.1. The van der Waals surface area contributed by atoms with E-state index in [9.17, 15) is 9.59 Å². The highest BCUT2D eigenvalue weighted by Crippen LogP contribution is 2.22. The van der Waals surface area contributed by atoms with Crippen molar-refractivity contribution >= 4 is 28.3 Å². The normalized spacial score (nSPS) is 20.0. The molecule has 0 unspecified atom stereocenters. The van der Waals surface area contributed by atoms with Crippen molar-refractivity contribution in [3.63, 3.8) is 0 Å². The van der Waals surface area contributed by atoms with Crippen LogP contribution in [0.5, 0.6) is 0 Å². The first kappa shape index (κ1) is 16.4. The number of carbonyl (C=O) groups is 2. The van der Waals surface area contributed by atoms with Crippen molar-refractivity contribution < 1.29 is 14.3 Å². The number of hydrogen-bond donors (Lipinski definition) is 3. The van der Waals surface area contributed by atoms with Crippen LogP contribution in [-0.2, 0) is 14.3 Å². The lowest BCUT2D eigenvalue weighted by Gasteiger charge is -2.13. The smallest absolute Gasteiger partial charge is 0.249 e. The molecule has 2 amide bonds. The molecule has 1 fully saturated rings. The summed E-state index contributed by atoms with van der Waals surface area (Å²) in [6.45, 7) is 0.320. The summed E-state index contributed by atoms with van der Waals surface area (Å²) in [5, 5.41) is 7.47. The average molecular weight is 327 g/mol. The van der Waals surface area contributed by atoms with Crippen molar-refractivity contribution in [3.05, 3.63) is 42.5 Å². The molecule has 3 rings (SSSR count). The highest BCUT2D eigenvalue weighted by Gasteiger charge is 2.29. The molecule has 1 aliphatic heterocycles. The van der Waals surface area contributed by atoms with Gasteiger partial charge in [-0.05, 0) is 24.3 Å². The van der Waals surface area contributed by atoms with Crippen molar-refractivity contribution in [1.29, 1.82) is 0 Å². The van der Waals surface area contributed by atoms with Gasteiger partial charge in [0.15, 0.2) is 0 Å². The molecular formula is C18H21N3O3. The first-order chi connectivity index (χ1) is 11.7. The zero-order valence-electron chi connectivity index (χ0n) is 13.3. The fraction of sp³-hybridized carbons (Fsp3) is 0.333. The standard InChI is InChI=1S/C18H21N3O3/c19-10-13-8-9-16(24-13)18(23)20-11-17(22)21-15-7-3-5-12-4-1-2-6-14(12)15/h1-7,13,16H,8-11,19H2,(H,20,23)(H,21,22)/t13-,16+/m1/s1. The van der Waals surface area contributed by atoms with Gasteiger partial charge in [-0.15, -0.1) is 0 Å². The largest absolute Gasteiger partial charge is 0.364 e. The number of nitrogens with one attached hydrogen (secondary N) is 2. The molecule has 6 heteroatoms. The van der Waals surface area contributed by atoms with Gasteiger partial charge in [-0.3, -0.25) is 9.59 Å². The quantitative estimate of drug-likeness (QED) is 0.774. The number of carbonyl (C=O) groups excluding carboxylic acids is 2. The first-order valence-electron chi connectivity index (χ1n) is 8.08. The molecule has 0 aliphatic carbocycles. The summed E-state index contributed by atoms with van der Waals surface area (Å²) in [5.41, 5.74) is 6.26. The second-order valence-electron chi connectivity index (χ2n) is 5.85. The Balaban J connectivity index is 1.55. The molecule has 0 radical (unpaired) electrons. The summed E-state index contributed by atoms with van der Waals surface area (Å²) < 4.78 is 5.51. The predicted molar refractivity (Wildman–Crippen MR) is 92.5 cm³/mol. The van der Waals surface area contributed by atoms with Crippen molar-refractivity contribution in [2.45, 2.75) is 25.0 Å². The van der Waals surface area contributed by atoms with Crippen molar-refractivity contribution in [3.8, 4) is 0 Å². The minimum absolute atomic E-state index is 0.0646. The van der Waals surface area contributed by atoms with Gasteiger partial charge in [-0.1, -0.05) is 36.4 Å². The van der Waals surface area contributed by atoms with Crippen molar-refractivity contribution in [2.75, 3.05) is 18.4 Å². The van der Waals surface area contributed by atoms with E-state index in [0.29, 0.717) is 13.0 Å². The van der Waals surface area contributed by atoms with E-state index >= 15 is 0 Å². The molecule has 1 saturated heterocycles. The number of rotatable bonds is 5. The highest BCUT2D eigenvalue weighted by molar-refractivity contribution is 6.03. The number of hydrogen-bond acceptors (Lipinski definition) is 4. The third kappa shape index (κ3) is 3.72. The average Bonchev–Trinajstić information content (AvgIpc) is 3.09. The Kier molecular flexibility index (Phi) is 5.08. The minimum atomic E-state index is -0.510. The van der Waals surface area contributed by atoms with Gasteiger partial charge in [0, 0.05) is 17.6 Å². The molecule has 6 nitrogen and oxygen atoms in total. The van der Waals surface area contributed by atoms with Crippen LogP contribution in [0.1, 0.15) is 12.8 Å². The van der Waals surface area contributed by atoms with E-state index in [1.165, 1.54) is 0 Å². The molecule has 24 heavy (non-hydrogen) atoms. The fourth-order valence-electron chi connectivity index (χ4n) is 2.88. The second-order valence-corrected chi connectivity index (χ2v) is 5.85.